The number of nitriles is 1. The monoisotopic (exact) mass is 684 g/mol. The number of benzene rings is 10. The first-order valence-corrected chi connectivity index (χ1v) is 17.9. The molecular weight excluding hydrogens is 661 g/mol. The highest BCUT2D eigenvalue weighted by Crippen LogP contribution is 2.53. The number of ether oxygens (including phenoxy) is 2. The Kier molecular flexibility index (Phi) is 5.61. The lowest BCUT2D eigenvalue weighted by Crippen LogP contribution is -1.98. The van der Waals surface area contributed by atoms with Crippen LogP contribution < -0.4 is 9.47 Å². The zero-order valence-corrected chi connectivity index (χ0v) is 28.6. The summed E-state index contributed by atoms with van der Waals surface area (Å²) >= 11 is 0. The van der Waals surface area contributed by atoms with Gasteiger partial charge in [-0.15, -0.1) is 0 Å². The molecule has 0 bridgehead atoms. The van der Waals surface area contributed by atoms with Crippen LogP contribution in [0.2, 0.25) is 0 Å². The molecule has 0 saturated heterocycles. The van der Waals surface area contributed by atoms with E-state index < -0.39 is 0 Å². The van der Waals surface area contributed by atoms with Crippen molar-refractivity contribution >= 4 is 59.5 Å². The predicted molar refractivity (Wildman–Crippen MR) is 218 cm³/mol. The van der Waals surface area contributed by atoms with E-state index in [2.05, 4.69) is 102 Å². The highest BCUT2D eigenvalue weighted by atomic mass is 16.5. The maximum Gasteiger partial charge on any atom is 0.195 e. The largest absolute Gasteiger partial charge is 0.456 e. The van der Waals surface area contributed by atoms with Gasteiger partial charge < -0.3 is 9.47 Å². The fraction of sp³-hybridized carbons (Fsp3) is 0. The van der Waals surface area contributed by atoms with Crippen LogP contribution in [-0.4, -0.2) is 0 Å². The van der Waals surface area contributed by atoms with E-state index in [1.807, 2.05) is 54.6 Å². The van der Waals surface area contributed by atoms with E-state index in [-0.39, 0.29) is 0 Å². The molecule has 246 valence electrons. The molecular formula is C50H24N2O2. The number of rotatable bonds is 2. The van der Waals surface area contributed by atoms with Gasteiger partial charge >= 0.3 is 0 Å². The van der Waals surface area contributed by atoms with Crippen LogP contribution >= 0.6 is 0 Å². The molecule has 4 nitrogen and oxygen atoms in total. The first-order valence-electron chi connectivity index (χ1n) is 17.9. The van der Waals surface area contributed by atoms with Crippen LogP contribution in [0.3, 0.4) is 0 Å². The Balaban J connectivity index is 1.12. The molecule has 0 aromatic heterocycles. The van der Waals surface area contributed by atoms with Crippen molar-refractivity contribution in [2.75, 3.05) is 0 Å². The first kappa shape index (κ1) is 29.0. The van der Waals surface area contributed by atoms with E-state index in [0.29, 0.717) is 11.3 Å². The van der Waals surface area contributed by atoms with Crippen molar-refractivity contribution < 1.29 is 9.47 Å². The minimum absolute atomic E-state index is 0.571. The lowest BCUT2D eigenvalue weighted by molar-refractivity contribution is 0.487. The van der Waals surface area contributed by atoms with Crippen LogP contribution in [0.4, 0.5) is 5.69 Å². The normalized spacial score (nSPS) is 12.3. The molecule has 0 atom stereocenters. The SMILES string of the molecule is [C-]#[N+]c1cc(-c2ccc3c(c2)Oc2cccc4cccc-3c24)c2ccc3c(C#N)cc(-c4ccc5c6c(cccc46)Oc4ccccc4-5)c4ccc1c2c34. The fourth-order valence-corrected chi connectivity index (χ4v) is 9.17. The molecule has 0 fully saturated rings. The van der Waals surface area contributed by atoms with Crippen molar-refractivity contribution in [1.29, 1.82) is 5.26 Å². The molecule has 54 heavy (non-hydrogen) atoms. The molecule has 0 N–H and O–H groups in total. The van der Waals surface area contributed by atoms with Gasteiger partial charge in [-0.2, -0.15) is 5.26 Å². The Bertz CT molecular complexity index is 3410. The Morgan fingerprint density at radius 3 is 1.91 bits per heavy atom. The van der Waals surface area contributed by atoms with Crippen LogP contribution in [0.25, 0.3) is 103 Å². The van der Waals surface area contributed by atoms with Gasteiger partial charge in [0.05, 0.1) is 18.2 Å². The van der Waals surface area contributed by atoms with E-state index in [4.69, 9.17) is 16.0 Å². The minimum Gasteiger partial charge on any atom is -0.456 e. The van der Waals surface area contributed by atoms with Crippen LogP contribution in [0.5, 0.6) is 23.0 Å². The molecule has 0 amide bonds. The molecule has 0 saturated carbocycles. The lowest BCUT2D eigenvalue weighted by Gasteiger charge is -2.24. The zero-order valence-electron chi connectivity index (χ0n) is 28.6. The molecule has 2 aliphatic heterocycles. The predicted octanol–water partition coefficient (Wildman–Crippen LogP) is 14.2. The van der Waals surface area contributed by atoms with Crippen molar-refractivity contribution in [3.63, 3.8) is 0 Å². The summed E-state index contributed by atoms with van der Waals surface area (Å²) in [5.41, 5.74) is 9.48. The van der Waals surface area contributed by atoms with Gasteiger partial charge in [0.2, 0.25) is 0 Å². The highest BCUT2D eigenvalue weighted by molar-refractivity contribution is 6.31. The van der Waals surface area contributed by atoms with E-state index in [1.165, 1.54) is 0 Å². The standard InChI is InChI=1S/C50H24N2O2/c1-52-42-25-40(28-15-16-33-35-10-4-7-27-8-5-13-44(47(27)35)54-46(33)24-28)37-19-17-30-29(26-51)23-41(38-21-22-39(42)50(37)49(30)38)31-18-20-36-32-9-2-3-12-43(32)53-45-14-6-11-34(31)48(36)45/h2-25H. The van der Waals surface area contributed by atoms with Crippen molar-refractivity contribution in [3.05, 3.63) is 163 Å². The summed E-state index contributed by atoms with van der Waals surface area (Å²) in [7, 11) is 0. The van der Waals surface area contributed by atoms with Gasteiger partial charge in [-0.1, -0.05) is 103 Å². The van der Waals surface area contributed by atoms with Crippen molar-refractivity contribution in [2.45, 2.75) is 0 Å². The van der Waals surface area contributed by atoms with Crippen LogP contribution in [0, 0.1) is 17.9 Å². The fourth-order valence-electron chi connectivity index (χ4n) is 9.17. The summed E-state index contributed by atoms with van der Waals surface area (Å²) in [6.45, 7) is 8.31. The maximum atomic E-state index is 10.6. The van der Waals surface area contributed by atoms with Gasteiger partial charge in [-0.3, -0.25) is 0 Å². The smallest absolute Gasteiger partial charge is 0.195 e. The second-order valence-electron chi connectivity index (χ2n) is 14.1. The second-order valence-corrected chi connectivity index (χ2v) is 14.1. The lowest BCUT2D eigenvalue weighted by atomic mass is 9.83. The summed E-state index contributed by atoms with van der Waals surface area (Å²) in [6.07, 6.45) is 0. The van der Waals surface area contributed by atoms with Gasteiger partial charge in [0.25, 0.3) is 0 Å². The summed E-state index contributed by atoms with van der Waals surface area (Å²) in [6, 6.07) is 52.5. The molecule has 4 heteroatoms. The van der Waals surface area contributed by atoms with Gasteiger partial charge in [0.1, 0.15) is 23.0 Å². The van der Waals surface area contributed by atoms with Gasteiger partial charge in [0.15, 0.2) is 5.69 Å². The zero-order chi connectivity index (χ0) is 35.7. The molecule has 2 heterocycles. The third kappa shape index (κ3) is 3.73. The average Bonchev–Trinajstić information content (AvgIpc) is 3.22. The van der Waals surface area contributed by atoms with Crippen LogP contribution in [0.1, 0.15) is 5.56 Å². The first-order chi connectivity index (χ1) is 26.7. The average molecular weight is 685 g/mol. The van der Waals surface area contributed by atoms with Crippen LogP contribution in [-0.2, 0) is 0 Å². The van der Waals surface area contributed by atoms with Crippen molar-refractivity contribution in [1.82, 2.24) is 0 Å². The molecule has 2 aliphatic rings. The quantitative estimate of drug-likeness (QED) is 0.134. The van der Waals surface area contributed by atoms with Crippen LogP contribution in [0.15, 0.2) is 146 Å². The summed E-state index contributed by atoms with van der Waals surface area (Å²) in [4.78, 5) is 4.06. The Morgan fingerprint density at radius 1 is 0.426 bits per heavy atom. The number of hydrogen-bond acceptors (Lipinski definition) is 3. The molecule has 0 aliphatic carbocycles. The Labute approximate surface area is 309 Å². The molecule has 10 aromatic rings. The van der Waals surface area contributed by atoms with Gasteiger partial charge in [-0.05, 0) is 114 Å². The van der Waals surface area contributed by atoms with Crippen molar-refractivity contribution in [3.8, 4) is 73.6 Å². The number of fused-ring (bicyclic) bond motifs is 4. The van der Waals surface area contributed by atoms with E-state index >= 15 is 0 Å². The second kappa shape index (κ2) is 10.5. The maximum absolute atomic E-state index is 10.6. The van der Waals surface area contributed by atoms with Gasteiger partial charge in [-0.25, -0.2) is 4.85 Å². The molecule has 0 radical (unpaired) electrons. The minimum atomic E-state index is 0.571. The van der Waals surface area contributed by atoms with E-state index in [9.17, 15) is 5.26 Å². The summed E-state index contributed by atoms with van der Waals surface area (Å²) in [5.74, 6) is 3.30. The molecule has 0 spiro atoms. The van der Waals surface area contributed by atoms with E-state index in [0.717, 1.165) is 121 Å². The Morgan fingerprint density at radius 2 is 1.04 bits per heavy atom. The summed E-state index contributed by atoms with van der Waals surface area (Å²) < 4.78 is 13.0. The van der Waals surface area contributed by atoms with Gasteiger partial charge in [0, 0.05) is 27.3 Å². The number of para-hydroxylation sites is 1. The molecule has 0 unspecified atom stereocenters. The highest BCUT2D eigenvalue weighted by Gasteiger charge is 2.25. The number of hydrogen-bond donors (Lipinski definition) is 0. The topological polar surface area (TPSA) is 46.6 Å². The third-order valence-corrected chi connectivity index (χ3v) is 11.5. The summed E-state index contributed by atoms with van der Waals surface area (Å²) in [5, 5.41) is 20.8. The molecule has 12 rings (SSSR count). The van der Waals surface area contributed by atoms with E-state index in [1.54, 1.807) is 0 Å². The Hall–Kier alpha value is -7.66. The third-order valence-electron chi connectivity index (χ3n) is 11.5. The number of nitrogens with zero attached hydrogens (tertiary/aromatic N) is 2. The molecule has 10 aromatic carbocycles. The van der Waals surface area contributed by atoms with Crippen molar-refractivity contribution in [2.24, 2.45) is 0 Å².